The standard InChI is InChI=1S/C17H24N2O3/c1-11-9-19(10-12(2)22-11)13(3)17(21)18-16-8-6-5-7-15(16)14(4)20/h5-8,11-13H,9-10H2,1-4H3,(H,18,21)/p+1/t11-,12-,13+/m1/s1. The quantitative estimate of drug-likeness (QED) is 0.813. The van der Waals surface area contributed by atoms with E-state index in [1.165, 1.54) is 11.8 Å². The van der Waals surface area contributed by atoms with Gasteiger partial charge in [0.1, 0.15) is 25.3 Å². The van der Waals surface area contributed by atoms with E-state index in [4.69, 9.17) is 4.74 Å². The van der Waals surface area contributed by atoms with Crippen molar-refractivity contribution in [3.8, 4) is 0 Å². The topological polar surface area (TPSA) is 59.8 Å². The molecule has 2 N–H and O–H groups in total. The predicted octanol–water partition coefficient (Wildman–Crippen LogP) is 0.908. The summed E-state index contributed by atoms with van der Waals surface area (Å²) < 4.78 is 5.72. The largest absolute Gasteiger partial charge is 0.364 e. The first-order valence-corrected chi connectivity index (χ1v) is 7.79. The van der Waals surface area contributed by atoms with E-state index in [9.17, 15) is 9.59 Å². The maximum absolute atomic E-state index is 12.5. The van der Waals surface area contributed by atoms with Gasteiger partial charge >= 0.3 is 0 Å². The van der Waals surface area contributed by atoms with Gasteiger partial charge in [-0.15, -0.1) is 0 Å². The average Bonchev–Trinajstić information content (AvgIpc) is 2.45. The van der Waals surface area contributed by atoms with Gasteiger partial charge in [-0.05, 0) is 39.8 Å². The molecule has 22 heavy (non-hydrogen) atoms. The summed E-state index contributed by atoms with van der Waals surface area (Å²) in [6.07, 6.45) is 0.303. The van der Waals surface area contributed by atoms with Gasteiger partial charge in [-0.2, -0.15) is 0 Å². The lowest BCUT2D eigenvalue weighted by atomic mass is 10.1. The van der Waals surface area contributed by atoms with Crippen LogP contribution in [0.2, 0.25) is 0 Å². The van der Waals surface area contributed by atoms with Crippen molar-refractivity contribution in [2.24, 2.45) is 0 Å². The molecule has 2 rings (SSSR count). The lowest BCUT2D eigenvalue weighted by Gasteiger charge is -2.35. The number of benzene rings is 1. The smallest absolute Gasteiger partial charge is 0.282 e. The molecule has 0 aliphatic carbocycles. The minimum absolute atomic E-state index is 0.0514. The number of para-hydroxylation sites is 1. The van der Waals surface area contributed by atoms with Crippen molar-refractivity contribution in [2.75, 3.05) is 18.4 Å². The van der Waals surface area contributed by atoms with Gasteiger partial charge in [-0.25, -0.2) is 0 Å². The summed E-state index contributed by atoms with van der Waals surface area (Å²) in [5.74, 6) is -0.116. The van der Waals surface area contributed by atoms with E-state index < -0.39 is 0 Å². The Morgan fingerprint density at radius 1 is 1.23 bits per heavy atom. The Hall–Kier alpha value is -1.72. The molecule has 1 aromatic rings. The zero-order valence-corrected chi connectivity index (χ0v) is 13.7. The first-order chi connectivity index (χ1) is 10.4. The summed E-state index contributed by atoms with van der Waals surface area (Å²) in [5.41, 5.74) is 1.13. The highest BCUT2D eigenvalue weighted by Crippen LogP contribution is 2.15. The number of amides is 1. The minimum atomic E-state index is -0.186. The molecule has 0 unspecified atom stereocenters. The number of rotatable bonds is 4. The SMILES string of the molecule is CC(=O)c1ccccc1NC(=O)[C@H](C)[NH+]1C[C@@H](C)O[C@H](C)C1. The number of carbonyl (C=O) groups excluding carboxylic acids is 2. The predicted molar refractivity (Wildman–Crippen MR) is 85.2 cm³/mol. The number of morpholine rings is 1. The fourth-order valence-electron chi connectivity index (χ4n) is 2.99. The molecule has 1 aliphatic rings. The van der Waals surface area contributed by atoms with Crippen LogP contribution in [-0.4, -0.2) is 43.0 Å². The summed E-state index contributed by atoms with van der Waals surface area (Å²) in [6.45, 7) is 9.12. The molecule has 3 atom stereocenters. The monoisotopic (exact) mass is 305 g/mol. The van der Waals surface area contributed by atoms with Crippen LogP contribution in [0.15, 0.2) is 24.3 Å². The molecule has 5 nitrogen and oxygen atoms in total. The first kappa shape index (κ1) is 16.6. The summed E-state index contributed by atoms with van der Waals surface area (Å²) >= 11 is 0. The highest BCUT2D eigenvalue weighted by molar-refractivity contribution is 6.04. The Morgan fingerprint density at radius 2 is 1.82 bits per heavy atom. The third-order valence-electron chi connectivity index (χ3n) is 4.13. The lowest BCUT2D eigenvalue weighted by molar-refractivity contribution is -0.928. The second-order valence-corrected chi connectivity index (χ2v) is 6.14. The number of anilines is 1. The van der Waals surface area contributed by atoms with Crippen LogP contribution < -0.4 is 10.2 Å². The number of quaternary nitrogens is 1. The molecule has 1 saturated heterocycles. The fraction of sp³-hybridized carbons (Fsp3) is 0.529. The summed E-state index contributed by atoms with van der Waals surface area (Å²) in [5, 5.41) is 2.90. The molecule has 0 radical (unpaired) electrons. The summed E-state index contributed by atoms with van der Waals surface area (Å²) in [7, 11) is 0. The second kappa shape index (κ2) is 7.03. The van der Waals surface area contributed by atoms with Crippen LogP contribution in [0.1, 0.15) is 38.1 Å². The fourth-order valence-corrected chi connectivity index (χ4v) is 2.99. The molecule has 0 saturated carbocycles. The normalized spacial score (nSPS) is 26.3. The molecular weight excluding hydrogens is 280 g/mol. The molecular formula is C17H25N2O3+. The average molecular weight is 305 g/mol. The van der Waals surface area contributed by atoms with Crippen LogP contribution in [0.25, 0.3) is 0 Å². The van der Waals surface area contributed by atoms with Gasteiger partial charge < -0.3 is 15.0 Å². The number of ketones is 1. The van der Waals surface area contributed by atoms with Crippen molar-refractivity contribution in [3.05, 3.63) is 29.8 Å². The number of Topliss-reactive ketones (excluding diaryl/α,β-unsaturated/α-hetero) is 1. The van der Waals surface area contributed by atoms with E-state index in [0.717, 1.165) is 13.1 Å². The molecule has 1 aliphatic heterocycles. The van der Waals surface area contributed by atoms with E-state index in [0.29, 0.717) is 11.3 Å². The van der Waals surface area contributed by atoms with E-state index >= 15 is 0 Å². The van der Waals surface area contributed by atoms with Crippen LogP contribution in [0.3, 0.4) is 0 Å². The number of carbonyl (C=O) groups is 2. The van der Waals surface area contributed by atoms with Gasteiger partial charge in [0.2, 0.25) is 0 Å². The van der Waals surface area contributed by atoms with Gasteiger partial charge in [0.05, 0.1) is 5.69 Å². The number of nitrogens with one attached hydrogen (secondary N) is 2. The van der Waals surface area contributed by atoms with Crippen LogP contribution in [0.4, 0.5) is 5.69 Å². The molecule has 0 aromatic heterocycles. The third-order valence-corrected chi connectivity index (χ3v) is 4.13. The second-order valence-electron chi connectivity index (χ2n) is 6.14. The summed E-state index contributed by atoms with van der Waals surface area (Å²) in [6, 6.07) is 6.93. The Morgan fingerprint density at radius 3 is 2.41 bits per heavy atom. The van der Waals surface area contributed by atoms with Crippen LogP contribution in [-0.2, 0) is 9.53 Å². The molecule has 1 aromatic carbocycles. The Kier molecular flexibility index (Phi) is 5.32. The van der Waals surface area contributed by atoms with Crippen LogP contribution in [0.5, 0.6) is 0 Å². The molecule has 5 heteroatoms. The molecule has 1 fully saturated rings. The van der Waals surface area contributed by atoms with Crippen molar-refractivity contribution in [2.45, 2.75) is 45.9 Å². The van der Waals surface area contributed by atoms with E-state index in [1.54, 1.807) is 18.2 Å². The third kappa shape index (κ3) is 3.93. The Balaban J connectivity index is 2.07. The van der Waals surface area contributed by atoms with E-state index in [-0.39, 0.29) is 29.9 Å². The molecule has 1 heterocycles. The Bertz CT molecular complexity index is 549. The Labute approximate surface area is 131 Å². The number of hydrogen-bond donors (Lipinski definition) is 2. The molecule has 120 valence electrons. The van der Waals surface area contributed by atoms with E-state index in [2.05, 4.69) is 5.32 Å². The lowest BCUT2D eigenvalue weighted by Crippen LogP contribution is -3.19. The maximum atomic E-state index is 12.5. The minimum Gasteiger partial charge on any atom is -0.364 e. The van der Waals surface area contributed by atoms with Crippen molar-refractivity contribution in [3.63, 3.8) is 0 Å². The first-order valence-electron chi connectivity index (χ1n) is 7.79. The van der Waals surface area contributed by atoms with Crippen molar-refractivity contribution < 1.29 is 19.2 Å². The van der Waals surface area contributed by atoms with Gasteiger partial charge in [0.25, 0.3) is 5.91 Å². The van der Waals surface area contributed by atoms with Crippen molar-refractivity contribution in [1.82, 2.24) is 0 Å². The maximum Gasteiger partial charge on any atom is 0.282 e. The summed E-state index contributed by atoms with van der Waals surface area (Å²) in [4.78, 5) is 25.4. The number of ether oxygens (including phenoxy) is 1. The van der Waals surface area contributed by atoms with E-state index in [1.807, 2.05) is 26.8 Å². The molecule has 0 bridgehead atoms. The zero-order chi connectivity index (χ0) is 16.3. The van der Waals surface area contributed by atoms with Gasteiger partial charge in [0, 0.05) is 5.56 Å². The highest BCUT2D eigenvalue weighted by atomic mass is 16.5. The van der Waals surface area contributed by atoms with Crippen molar-refractivity contribution >= 4 is 17.4 Å². The highest BCUT2D eigenvalue weighted by Gasteiger charge is 2.33. The van der Waals surface area contributed by atoms with Crippen LogP contribution in [0, 0.1) is 0 Å². The van der Waals surface area contributed by atoms with Crippen molar-refractivity contribution in [1.29, 1.82) is 0 Å². The zero-order valence-electron chi connectivity index (χ0n) is 13.7. The van der Waals surface area contributed by atoms with Crippen LogP contribution >= 0.6 is 0 Å². The van der Waals surface area contributed by atoms with Gasteiger partial charge in [0.15, 0.2) is 11.8 Å². The van der Waals surface area contributed by atoms with Gasteiger partial charge in [-0.1, -0.05) is 12.1 Å². The number of hydrogen-bond acceptors (Lipinski definition) is 3. The molecule has 1 amide bonds. The van der Waals surface area contributed by atoms with Gasteiger partial charge in [-0.3, -0.25) is 9.59 Å². The molecule has 0 spiro atoms.